The number of rotatable bonds is 4. The molecule has 0 radical (unpaired) electrons. The maximum absolute atomic E-state index is 6.19. The molecule has 2 aliphatic rings. The minimum absolute atomic E-state index is 0.0468. The van der Waals surface area contributed by atoms with Crippen LogP contribution in [0.1, 0.15) is 60.8 Å². The maximum atomic E-state index is 6.19. The first-order valence-electron chi connectivity index (χ1n) is 8.10. The fraction of sp³-hybridized carbons (Fsp3) is 0.875. The lowest BCUT2D eigenvalue weighted by Gasteiger charge is -2.32. The van der Waals surface area contributed by atoms with Gasteiger partial charge in [0.25, 0.3) is 0 Å². The molecule has 0 N–H and O–H groups in total. The van der Waals surface area contributed by atoms with E-state index >= 15 is 0 Å². The van der Waals surface area contributed by atoms with E-state index in [0.717, 1.165) is 25.9 Å². The highest BCUT2D eigenvalue weighted by Gasteiger charge is 2.53. The fourth-order valence-electron chi connectivity index (χ4n) is 3.09. The van der Waals surface area contributed by atoms with E-state index in [4.69, 9.17) is 9.31 Å². The zero-order chi connectivity index (χ0) is 15.0. The van der Waals surface area contributed by atoms with Crippen LogP contribution >= 0.6 is 0 Å². The monoisotopic (exact) mass is 279 g/mol. The highest BCUT2D eigenvalue weighted by Crippen LogP contribution is 2.43. The standard InChI is InChI=1S/C16H30BNO2/c1-7-18(8-2)14-11-9-13(10-12-14)17-19-15(3,4)16(5,6)20-17/h11,13H,7-10,12H2,1-6H3. The van der Waals surface area contributed by atoms with E-state index in [2.05, 4.69) is 52.5 Å². The molecule has 20 heavy (non-hydrogen) atoms. The Bertz CT molecular complexity index is 359. The third-order valence-electron chi connectivity index (χ3n) is 5.25. The minimum Gasteiger partial charge on any atom is -0.403 e. The Morgan fingerprint density at radius 3 is 2.10 bits per heavy atom. The largest absolute Gasteiger partial charge is 0.461 e. The molecule has 1 fully saturated rings. The van der Waals surface area contributed by atoms with E-state index in [1.165, 1.54) is 12.1 Å². The third-order valence-corrected chi connectivity index (χ3v) is 5.25. The Kier molecular flexibility index (Phi) is 4.55. The van der Waals surface area contributed by atoms with Crippen molar-refractivity contribution < 1.29 is 9.31 Å². The first-order chi connectivity index (χ1) is 9.30. The molecule has 0 amide bonds. The predicted octanol–water partition coefficient (Wildman–Crippen LogP) is 3.86. The highest BCUT2D eigenvalue weighted by atomic mass is 16.7. The van der Waals surface area contributed by atoms with E-state index in [1.807, 2.05) is 0 Å². The quantitative estimate of drug-likeness (QED) is 0.729. The van der Waals surface area contributed by atoms with Crippen molar-refractivity contribution in [2.24, 2.45) is 0 Å². The van der Waals surface area contributed by atoms with Crippen molar-refractivity contribution in [1.29, 1.82) is 0 Å². The molecule has 4 heteroatoms. The molecule has 0 spiro atoms. The summed E-state index contributed by atoms with van der Waals surface area (Å²) in [6.07, 6.45) is 5.78. The second-order valence-corrected chi connectivity index (χ2v) is 7.03. The molecule has 1 saturated heterocycles. The molecule has 3 nitrogen and oxygen atoms in total. The lowest BCUT2D eigenvalue weighted by atomic mass is 9.65. The summed E-state index contributed by atoms with van der Waals surface area (Å²) in [4.78, 5) is 2.46. The van der Waals surface area contributed by atoms with Gasteiger partial charge in [0.2, 0.25) is 0 Å². The number of allylic oxidation sites excluding steroid dienone is 2. The molecule has 1 atom stereocenters. The Morgan fingerprint density at radius 1 is 1.15 bits per heavy atom. The van der Waals surface area contributed by atoms with Crippen molar-refractivity contribution in [3.8, 4) is 0 Å². The zero-order valence-electron chi connectivity index (χ0n) is 14.0. The van der Waals surface area contributed by atoms with Crippen LogP contribution in [0.25, 0.3) is 0 Å². The molecule has 1 unspecified atom stereocenters. The third kappa shape index (κ3) is 2.91. The molecular weight excluding hydrogens is 249 g/mol. The van der Waals surface area contributed by atoms with Crippen molar-refractivity contribution in [3.05, 3.63) is 11.8 Å². The van der Waals surface area contributed by atoms with Crippen molar-refractivity contribution in [2.45, 2.75) is 77.8 Å². The van der Waals surface area contributed by atoms with Crippen molar-refractivity contribution in [1.82, 2.24) is 4.90 Å². The summed E-state index contributed by atoms with van der Waals surface area (Å²) < 4.78 is 12.4. The van der Waals surface area contributed by atoms with Crippen molar-refractivity contribution in [2.75, 3.05) is 13.1 Å². The van der Waals surface area contributed by atoms with Gasteiger partial charge in [-0.1, -0.05) is 6.08 Å². The van der Waals surface area contributed by atoms with Crippen molar-refractivity contribution >= 4 is 7.12 Å². The van der Waals surface area contributed by atoms with Crippen LogP contribution in [0.3, 0.4) is 0 Å². The van der Waals surface area contributed by atoms with Crippen LogP contribution in [0.2, 0.25) is 5.82 Å². The van der Waals surface area contributed by atoms with E-state index in [-0.39, 0.29) is 18.3 Å². The van der Waals surface area contributed by atoms with Gasteiger partial charge in [0, 0.05) is 18.8 Å². The van der Waals surface area contributed by atoms with Gasteiger partial charge in [-0.05, 0) is 66.6 Å². The summed E-state index contributed by atoms with van der Waals surface area (Å²) in [7, 11) is -0.0468. The second-order valence-electron chi connectivity index (χ2n) is 7.03. The topological polar surface area (TPSA) is 21.7 Å². The average Bonchev–Trinajstić information content (AvgIpc) is 2.61. The number of hydrogen-bond acceptors (Lipinski definition) is 3. The summed E-state index contributed by atoms with van der Waals surface area (Å²) in [5.74, 6) is 0.496. The van der Waals surface area contributed by atoms with Gasteiger partial charge >= 0.3 is 7.12 Å². The van der Waals surface area contributed by atoms with Gasteiger partial charge in [-0.3, -0.25) is 0 Å². The lowest BCUT2D eigenvalue weighted by Crippen LogP contribution is -2.41. The van der Waals surface area contributed by atoms with E-state index in [0.29, 0.717) is 5.82 Å². The molecule has 0 saturated carbocycles. The molecule has 1 aliphatic heterocycles. The first-order valence-corrected chi connectivity index (χ1v) is 8.10. The van der Waals surface area contributed by atoms with Gasteiger partial charge in [0.05, 0.1) is 11.2 Å². The molecule has 0 aromatic rings. The molecule has 0 aromatic heterocycles. The maximum Gasteiger partial charge on any atom is 0.461 e. The van der Waals surface area contributed by atoms with Crippen LogP contribution in [-0.4, -0.2) is 36.3 Å². The van der Waals surface area contributed by atoms with Crippen LogP contribution in [-0.2, 0) is 9.31 Å². The summed E-state index contributed by atoms with van der Waals surface area (Å²) >= 11 is 0. The average molecular weight is 279 g/mol. The number of nitrogens with zero attached hydrogens (tertiary/aromatic N) is 1. The smallest absolute Gasteiger partial charge is 0.403 e. The van der Waals surface area contributed by atoms with Crippen molar-refractivity contribution in [3.63, 3.8) is 0 Å². The molecule has 1 heterocycles. The van der Waals surface area contributed by atoms with E-state index in [1.54, 1.807) is 0 Å². The van der Waals surface area contributed by atoms with Gasteiger partial charge in [-0.15, -0.1) is 0 Å². The number of hydrogen-bond donors (Lipinski definition) is 0. The molecular formula is C16H30BNO2. The van der Waals surface area contributed by atoms with Gasteiger partial charge in [-0.2, -0.15) is 0 Å². The molecule has 0 aromatic carbocycles. The highest BCUT2D eigenvalue weighted by molar-refractivity contribution is 6.47. The summed E-state index contributed by atoms with van der Waals surface area (Å²) in [5, 5.41) is 0. The minimum atomic E-state index is -0.208. The van der Waals surface area contributed by atoms with Crippen LogP contribution in [0.4, 0.5) is 0 Å². The molecule has 0 bridgehead atoms. The van der Waals surface area contributed by atoms with E-state index < -0.39 is 0 Å². The van der Waals surface area contributed by atoms with Gasteiger partial charge in [-0.25, -0.2) is 0 Å². The van der Waals surface area contributed by atoms with Gasteiger partial charge in [0.15, 0.2) is 0 Å². The Hall–Kier alpha value is -0.475. The Morgan fingerprint density at radius 2 is 1.70 bits per heavy atom. The molecule has 114 valence electrons. The molecule has 2 rings (SSSR count). The van der Waals surface area contributed by atoms with Crippen LogP contribution < -0.4 is 0 Å². The van der Waals surface area contributed by atoms with Gasteiger partial charge in [0.1, 0.15) is 0 Å². The van der Waals surface area contributed by atoms with E-state index in [9.17, 15) is 0 Å². The van der Waals surface area contributed by atoms with Gasteiger partial charge < -0.3 is 14.2 Å². The summed E-state index contributed by atoms with van der Waals surface area (Å²) in [6.45, 7) is 15.2. The Balaban J connectivity index is 1.98. The molecule has 1 aliphatic carbocycles. The first kappa shape index (κ1) is 15.9. The SMILES string of the molecule is CCN(CC)C1=CCC(B2OC(C)(C)C(C)(C)O2)CC1. The predicted molar refractivity (Wildman–Crippen MR) is 84.7 cm³/mol. The fourth-order valence-corrected chi connectivity index (χ4v) is 3.09. The Labute approximate surface area is 124 Å². The van der Waals surface area contributed by atoms with Crippen LogP contribution in [0.5, 0.6) is 0 Å². The van der Waals surface area contributed by atoms with Crippen LogP contribution in [0.15, 0.2) is 11.8 Å². The van der Waals surface area contributed by atoms with Crippen LogP contribution in [0, 0.1) is 0 Å². The summed E-state index contributed by atoms with van der Waals surface area (Å²) in [6, 6.07) is 0. The summed E-state index contributed by atoms with van der Waals surface area (Å²) in [5.41, 5.74) is 1.09. The zero-order valence-corrected chi connectivity index (χ0v) is 14.0. The second kappa shape index (κ2) is 5.72. The lowest BCUT2D eigenvalue weighted by molar-refractivity contribution is 0.00578. The normalized spacial score (nSPS) is 28.4.